The Balaban J connectivity index is 1.87. The summed E-state index contributed by atoms with van der Waals surface area (Å²) in [7, 11) is 0. The molecule has 3 aromatic rings. The van der Waals surface area contributed by atoms with Gasteiger partial charge in [-0.25, -0.2) is 9.67 Å². The second-order valence-corrected chi connectivity index (χ2v) is 5.57. The SMILES string of the molecule is Clc1ncc(Cc2cccc(-n3cccn3)c2)s1. The number of hydrogen-bond acceptors (Lipinski definition) is 3. The number of nitrogens with zero attached hydrogens (tertiary/aromatic N) is 3. The van der Waals surface area contributed by atoms with Crippen LogP contribution < -0.4 is 0 Å². The minimum Gasteiger partial charge on any atom is -0.241 e. The molecule has 1 aromatic carbocycles. The molecule has 0 atom stereocenters. The zero-order chi connectivity index (χ0) is 12.4. The van der Waals surface area contributed by atoms with Gasteiger partial charge in [0.2, 0.25) is 0 Å². The minimum absolute atomic E-state index is 0.591. The lowest BCUT2D eigenvalue weighted by atomic mass is 10.1. The van der Waals surface area contributed by atoms with Crippen LogP contribution in [0.4, 0.5) is 0 Å². The van der Waals surface area contributed by atoms with E-state index in [0.29, 0.717) is 4.47 Å². The van der Waals surface area contributed by atoms with Crippen LogP contribution in [0.1, 0.15) is 10.4 Å². The Morgan fingerprint density at radius 2 is 2.22 bits per heavy atom. The summed E-state index contributed by atoms with van der Waals surface area (Å²) in [6.45, 7) is 0. The summed E-state index contributed by atoms with van der Waals surface area (Å²) in [5.74, 6) is 0. The molecule has 3 rings (SSSR count). The van der Waals surface area contributed by atoms with E-state index < -0.39 is 0 Å². The topological polar surface area (TPSA) is 30.7 Å². The molecule has 2 aromatic heterocycles. The molecule has 0 saturated carbocycles. The summed E-state index contributed by atoms with van der Waals surface area (Å²) in [5, 5.41) is 4.22. The molecule has 0 saturated heterocycles. The van der Waals surface area contributed by atoms with Crippen molar-refractivity contribution in [2.75, 3.05) is 0 Å². The molecule has 0 bridgehead atoms. The summed E-state index contributed by atoms with van der Waals surface area (Å²) in [6.07, 6.45) is 6.38. The predicted molar refractivity (Wildman–Crippen MR) is 73.5 cm³/mol. The largest absolute Gasteiger partial charge is 0.241 e. The summed E-state index contributed by atoms with van der Waals surface area (Å²) >= 11 is 7.35. The standard InChI is InChI=1S/C13H10ClN3S/c14-13-15-9-12(18-13)8-10-3-1-4-11(7-10)17-6-2-5-16-17/h1-7,9H,8H2. The number of thiazole rings is 1. The summed E-state index contributed by atoms with van der Waals surface area (Å²) in [5.41, 5.74) is 2.29. The van der Waals surface area contributed by atoms with Crippen molar-refractivity contribution in [1.82, 2.24) is 14.8 Å². The lowest BCUT2D eigenvalue weighted by Gasteiger charge is -2.04. The first-order valence-corrected chi connectivity index (χ1v) is 6.70. The van der Waals surface area contributed by atoms with Crippen molar-refractivity contribution in [1.29, 1.82) is 0 Å². The predicted octanol–water partition coefficient (Wildman–Crippen LogP) is 3.57. The highest BCUT2D eigenvalue weighted by atomic mass is 35.5. The molecule has 0 spiro atoms. The maximum Gasteiger partial charge on any atom is 0.183 e. The van der Waals surface area contributed by atoms with Crippen molar-refractivity contribution in [3.63, 3.8) is 0 Å². The fourth-order valence-corrected chi connectivity index (χ4v) is 2.81. The van der Waals surface area contributed by atoms with Gasteiger partial charge in [-0.2, -0.15) is 5.10 Å². The average molecular weight is 276 g/mol. The highest BCUT2D eigenvalue weighted by molar-refractivity contribution is 7.15. The van der Waals surface area contributed by atoms with Crippen LogP contribution in [0.3, 0.4) is 0 Å². The van der Waals surface area contributed by atoms with Gasteiger partial charge in [0.1, 0.15) is 0 Å². The van der Waals surface area contributed by atoms with Crippen LogP contribution in [0.25, 0.3) is 5.69 Å². The third kappa shape index (κ3) is 2.44. The van der Waals surface area contributed by atoms with Crippen LogP contribution >= 0.6 is 22.9 Å². The van der Waals surface area contributed by atoms with Crippen molar-refractivity contribution in [3.8, 4) is 5.69 Å². The molecule has 3 nitrogen and oxygen atoms in total. The van der Waals surface area contributed by atoms with E-state index in [0.717, 1.165) is 17.0 Å². The molecule has 0 aliphatic heterocycles. The lowest BCUT2D eigenvalue weighted by molar-refractivity contribution is 0.878. The number of halogens is 1. The third-order valence-electron chi connectivity index (χ3n) is 2.58. The molecule has 0 aliphatic carbocycles. The zero-order valence-corrected chi connectivity index (χ0v) is 11.0. The van der Waals surface area contributed by atoms with Crippen LogP contribution in [0.5, 0.6) is 0 Å². The lowest BCUT2D eigenvalue weighted by Crippen LogP contribution is -1.95. The number of rotatable bonds is 3. The van der Waals surface area contributed by atoms with Gasteiger partial charge < -0.3 is 0 Å². The van der Waals surface area contributed by atoms with Crippen LogP contribution in [-0.4, -0.2) is 14.8 Å². The highest BCUT2D eigenvalue weighted by Crippen LogP contribution is 2.21. The Kier molecular flexibility index (Phi) is 3.13. The van der Waals surface area contributed by atoms with Crippen molar-refractivity contribution in [3.05, 3.63) is 63.8 Å². The van der Waals surface area contributed by atoms with E-state index in [2.05, 4.69) is 22.2 Å². The molecular formula is C13H10ClN3S. The van der Waals surface area contributed by atoms with Gasteiger partial charge in [-0.05, 0) is 23.8 Å². The van der Waals surface area contributed by atoms with Crippen molar-refractivity contribution in [2.45, 2.75) is 6.42 Å². The van der Waals surface area contributed by atoms with Gasteiger partial charge in [-0.15, -0.1) is 11.3 Å². The van der Waals surface area contributed by atoms with E-state index in [1.807, 2.05) is 35.3 Å². The molecule has 2 heterocycles. The third-order valence-corrected chi connectivity index (χ3v) is 3.70. The van der Waals surface area contributed by atoms with E-state index in [1.54, 1.807) is 6.20 Å². The van der Waals surface area contributed by atoms with Crippen LogP contribution in [0.2, 0.25) is 4.47 Å². The number of benzene rings is 1. The molecule has 18 heavy (non-hydrogen) atoms. The fraction of sp³-hybridized carbons (Fsp3) is 0.0769. The van der Waals surface area contributed by atoms with E-state index >= 15 is 0 Å². The Morgan fingerprint density at radius 3 is 2.94 bits per heavy atom. The van der Waals surface area contributed by atoms with Gasteiger partial charge >= 0.3 is 0 Å². The second-order valence-electron chi connectivity index (χ2n) is 3.88. The minimum atomic E-state index is 0.591. The molecule has 0 N–H and O–H groups in total. The van der Waals surface area contributed by atoms with Crippen LogP contribution in [0, 0.1) is 0 Å². The molecule has 90 valence electrons. The fourth-order valence-electron chi connectivity index (χ4n) is 1.80. The summed E-state index contributed by atoms with van der Waals surface area (Å²) in [4.78, 5) is 5.22. The number of aromatic nitrogens is 3. The zero-order valence-electron chi connectivity index (χ0n) is 9.45. The van der Waals surface area contributed by atoms with Gasteiger partial charge in [0, 0.05) is 29.9 Å². The molecular weight excluding hydrogens is 266 g/mol. The highest BCUT2D eigenvalue weighted by Gasteiger charge is 2.03. The van der Waals surface area contributed by atoms with Crippen LogP contribution in [0.15, 0.2) is 48.9 Å². The second kappa shape index (κ2) is 4.92. The Morgan fingerprint density at radius 1 is 1.28 bits per heavy atom. The van der Waals surface area contributed by atoms with Crippen molar-refractivity contribution >= 4 is 22.9 Å². The molecule has 0 aliphatic rings. The van der Waals surface area contributed by atoms with Gasteiger partial charge in [0.05, 0.1) is 5.69 Å². The van der Waals surface area contributed by atoms with Gasteiger partial charge in [0.25, 0.3) is 0 Å². The molecule has 0 unspecified atom stereocenters. The average Bonchev–Trinajstić information content (AvgIpc) is 3.01. The van der Waals surface area contributed by atoms with Crippen molar-refractivity contribution in [2.24, 2.45) is 0 Å². The molecule has 5 heteroatoms. The van der Waals surface area contributed by atoms with Gasteiger partial charge in [-0.3, -0.25) is 0 Å². The van der Waals surface area contributed by atoms with Gasteiger partial charge in [-0.1, -0.05) is 23.7 Å². The van der Waals surface area contributed by atoms with E-state index in [9.17, 15) is 0 Å². The van der Waals surface area contributed by atoms with Gasteiger partial charge in [0.15, 0.2) is 4.47 Å². The molecule has 0 radical (unpaired) electrons. The van der Waals surface area contributed by atoms with E-state index in [-0.39, 0.29) is 0 Å². The van der Waals surface area contributed by atoms with E-state index in [1.165, 1.54) is 16.9 Å². The maximum atomic E-state index is 5.83. The first kappa shape index (κ1) is 11.4. The quantitative estimate of drug-likeness (QED) is 0.732. The molecule has 0 amide bonds. The Bertz CT molecular complexity index is 646. The first-order valence-electron chi connectivity index (χ1n) is 5.50. The monoisotopic (exact) mass is 275 g/mol. The first-order chi connectivity index (χ1) is 8.81. The Hall–Kier alpha value is -1.65. The van der Waals surface area contributed by atoms with Crippen molar-refractivity contribution < 1.29 is 0 Å². The summed E-state index contributed by atoms with van der Waals surface area (Å²) < 4.78 is 2.44. The maximum absolute atomic E-state index is 5.83. The van der Waals surface area contributed by atoms with E-state index in [4.69, 9.17) is 11.6 Å². The molecule has 0 fully saturated rings. The van der Waals surface area contributed by atoms with Crippen LogP contribution in [-0.2, 0) is 6.42 Å². The smallest absolute Gasteiger partial charge is 0.183 e. The summed E-state index contributed by atoms with van der Waals surface area (Å²) in [6, 6.07) is 10.2. The Labute approximate surface area is 114 Å². The normalized spacial score (nSPS) is 10.7. The number of hydrogen-bond donors (Lipinski definition) is 0.